The van der Waals surface area contributed by atoms with Gasteiger partial charge in [-0.1, -0.05) is 30.3 Å². The highest BCUT2D eigenvalue weighted by atomic mass is 19.4. The number of aryl methyl sites for hydroxylation is 1. The third-order valence-corrected chi connectivity index (χ3v) is 3.47. The predicted octanol–water partition coefficient (Wildman–Crippen LogP) is 4.60. The molecule has 0 saturated carbocycles. The normalized spacial score (nSPS) is 11.3. The summed E-state index contributed by atoms with van der Waals surface area (Å²) in [6.07, 6.45) is -4.70. The van der Waals surface area contributed by atoms with Gasteiger partial charge in [0, 0.05) is 0 Å². The van der Waals surface area contributed by atoms with Gasteiger partial charge >= 0.3 is 12.1 Å². The van der Waals surface area contributed by atoms with Crippen LogP contribution < -0.4 is 4.74 Å². The number of alkyl halides is 3. The number of carboxylic acid groups (broad SMARTS) is 1. The van der Waals surface area contributed by atoms with Crippen molar-refractivity contribution in [2.75, 3.05) is 0 Å². The number of ether oxygens (including phenoxy) is 1. The number of carboxylic acids is 1. The molecule has 1 N–H and O–H groups in total. The van der Waals surface area contributed by atoms with Gasteiger partial charge in [-0.05, 0) is 36.6 Å². The summed E-state index contributed by atoms with van der Waals surface area (Å²) in [6, 6.07) is 9.90. The van der Waals surface area contributed by atoms with Crippen molar-refractivity contribution in [3.63, 3.8) is 0 Å². The number of carbonyl (C=O) groups is 1. The zero-order chi connectivity index (χ0) is 17.2. The van der Waals surface area contributed by atoms with Gasteiger partial charge in [0.25, 0.3) is 0 Å². The largest absolute Gasteiger partial charge is 0.488 e. The molecule has 2 rings (SSSR count). The molecule has 0 aliphatic carbocycles. The number of rotatable bonds is 4. The molecule has 0 aliphatic rings. The van der Waals surface area contributed by atoms with Crippen LogP contribution >= 0.6 is 0 Å². The van der Waals surface area contributed by atoms with E-state index in [2.05, 4.69) is 0 Å². The van der Waals surface area contributed by atoms with Crippen molar-refractivity contribution in [1.82, 2.24) is 0 Å². The molecule has 2 aromatic rings. The molecule has 0 radical (unpaired) electrons. The number of halogens is 3. The average molecular weight is 324 g/mol. The van der Waals surface area contributed by atoms with Crippen LogP contribution in [0.25, 0.3) is 0 Å². The lowest BCUT2D eigenvalue weighted by atomic mass is 9.96. The molecule has 0 saturated heterocycles. The molecular weight excluding hydrogens is 309 g/mol. The second-order valence-electron chi connectivity index (χ2n) is 5.14. The maximum absolute atomic E-state index is 13.3. The summed E-state index contributed by atoms with van der Waals surface area (Å²) in [5, 5.41) is 9.13. The lowest BCUT2D eigenvalue weighted by molar-refractivity contribution is -0.139. The first-order valence-corrected chi connectivity index (χ1v) is 6.83. The molecule has 0 fully saturated rings. The Balaban J connectivity index is 2.48. The number of aromatic carboxylic acids is 1. The van der Waals surface area contributed by atoms with Gasteiger partial charge in [0.2, 0.25) is 0 Å². The third-order valence-electron chi connectivity index (χ3n) is 3.47. The second kappa shape index (κ2) is 6.32. The maximum atomic E-state index is 13.3. The first-order chi connectivity index (χ1) is 10.7. The van der Waals surface area contributed by atoms with Gasteiger partial charge < -0.3 is 9.84 Å². The van der Waals surface area contributed by atoms with Crippen molar-refractivity contribution in [2.45, 2.75) is 26.6 Å². The van der Waals surface area contributed by atoms with Gasteiger partial charge in [-0.2, -0.15) is 13.2 Å². The standard InChI is InChI=1S/C17H15F3O3/c1-10-8-13(23-9-12-6-4-3-5-7-12)15(17(18,19)20)11(2)14(10)16(21)22/h3-8H,9H2,1-2H3,(H,21,22). The number of benzene rings is 2. The first kappa shape index (κ1) is 16.9. The topological polar surface area (TPSA) is 46.5 Å². The van der Waals surface area contributed by atoms with Crippen molar-refractivity contribution in [3.05, 3.63) is 64.2 Å². The van der Waals surface area contributed by atoms with Gasteiger partial charge in [-0.25, -0.2) is 4.79 Å². The van der Waals surface area contributed by atoms with E-state index in [9.17, 15) is 18.0 Å². The summed E-state index contributed by atoms with van der Waals surface area (Å²) in [5.41, 5.74) is -0.779. The molecule has 0 aromatic heterocycles. The van der Waals surface area contributed by atoms with Crippen molar-refractivity contribution >= 4 is 5.97 Å². The minimum absolute atomic E-state index is 0.0325. The lowest BCUT2D eigenvalue weighted by Crippen LogP contribution is -2.15. The SMILES string of the molecule is Cc1cc(OCc2ccccc2)c(C(F)(F)F)c(C)c1C(=O)O. The summed E-state index contributed by atoms with van der Waals surface area (Å²) in [4.78, 5) is 11.2. The molecule has 0 aliphatic heterocycles. The Kier molecular flexibility index (Phi) is 4.63. The van der Waals surface area contributed by atoms with Crippen LogP contribution in [0.2, 0.25) is 0 Å². The maximum Gasteiger partial charge on any atom is 0.420 e. The van der Waals surface area contributed by atoms with Crippen molar-refractivity contribution in [2.24, 2.45) is 0 Å². The summed E-state index contributed by atoms with van der Waals surface area (Å²) in [6.45, 7) is 2.57. The van der Waals surface area contributed by atoms with Gasteiger partial charge in [-0.3, -0.25) is 0 Å². The molecule has 0 atom stereocenters. The average Bonchev–Trinajstić information content (AvgIpc) is 2.43. The quantitative estimate of drug-likeness (QED) is 0.894. The van der Waals surface area contributed by atoms with Crippen LogP contribution in [0.15, 0.2) is 36.4 Å². The van der Waals surface area contributed by atoms with E-state index in [4.69, 9.17) is 9.84 Å². The first-order valence-electron chi connectivity index (χ1n) is 6.83. The minimum Gasteiger partial charge on any atom is -0.488 e. The third kappa shape index (κ3) is 3.64. The summed E-state index contributed by atoms with van der Waals surface area (Å²) in [5.74, 6) is -1.75. The van der Waals surface area contributed by atoms with Crippen LogP contribution in [0.4, 0.5) is 13.2 Å². The zero-order valence-corrected chi connectivity index (χ0v) is 12.6. The fourth-order valence-corrected chi connectivity index (χ4v) is 2.48. The van der Waals surface area contributed by atoms with E-state index in [0.717, 1.165) is 18.6 Å². The van der Waals surface area contributed by atoms with Crippen LogP contribution in [0.5, 0.6) is 5.75 Å². The summed E-state index contributed by atoms with van der Waals surface area (Å²) >= 11 is 0. The Labute approximate surface area is 131 Å². The van der Waals surface area contributed by atoms with E-state index in [1.165, 1.54) is 6.92 Å². The Bertz CT molecular complexity index is 722. The van der Waals surface area contributed by atoms with Gasteiger partial charge in [0.1, 0.15) is 17.9 Å². The van der Waals surface area contributed by atoms with Crippen LogP contribution in [0.1, 0.15) is 32.6 Å². The summed E-state index contributed by atoms with van der Waals surface area (Å²) in [7, 11) is 0. The second-order valence-corrected chi connectivity index (χ2v) is 5.14. The van der Waals surface area contributed by atoms with E-state index < -0.39 is 17.7 Å². The van der Waals surface area contributed by atoms with E-state index in [1.807, 2.05) is 0 Å². The molecular formula is C17H15F3O3. The Morgan fingerprint density at radius 3 is 2.30 bits per heavy atom. The highest BCUT2D eigenvalue weighted by molar-refractivity contribution is 5.92. The molecule has 2 aromatic carbocycles. The highest BCUT2D eigenvalue weighted by Crippen LogP contribution is 2.41. The van der Waals surface area contributed by atoms with Gasteiger partial charge in [-0.15, -0.1) is 0 Å². The number of hydrogen-bond donors (Lipinski definition) is 1. The number of hydrogen-bond acceptors (Lipinski definition) is 2. The highest BCUT2D eigenvalue weighted by Gasteiger charge is 2.38. The van der Waals surface area contributed by atoms with E-state index >= 15 is 0 Å². The van der Waals surface area contributed by atoms with E-state index in [0.29, 0.717) is 0 Å². The van der Waals surface area contributed by atoms with E-state index in [1.54, 1.807) is 30.3 Å². The Morgan fingerprint density at radius 2 is 1.78 bits per heavy atom. The van der Waals surface area contributed by atoms with Gasteiger partial charge in [0.05, 0.1) is 5.56 Å². The molecule has 6 heteroatoms. The van der Waals surface area contributed by atoms with Gasteiger partial charge in [0.15, 0.2) is 0 Å². The fourth-order valence-electron chi connectivity index (χ4n) is 2.48. The molecule has 0 bridgehead atoms. The van der Waals surface area contributed by atoms with Crippen LogP contribution in [-0.2, 0) is 12.8 Å². The molecule has 0 amide bonds. The van der Waals surface area contributed by atoms with Crippen LogP contribution in [-0.4, -0.2) is 11.1 Å². The molecule has 0 spiro atoms. The van der Waals surface area contributed by atoms with Crippen molar-refractivity contribution in [3.8, 4) is 5.75 Å². The van der Waals surface area contributed by atoms with Crippen molar-refractivity contribution < 1.29 is 27.8 Å². The zero-order valence-electron chi connectivity index (χ0n) is 12.6. The van der Waals surface area contributed by atoms with Crippen molar-refractivity contribution in [1.29, 1.82) is 0 Å². The van der Waals surface area contributed by atoms with Crippen LogP contribution in [0, 0.1) is 13.8 Å². The molecule has 3 nitrogen and oxygen atoms in total. The smallest absolute Gasteiger partial charge is 0.420 e. The monoisotopic (exact) mass is 324 g/mol. The van der Waals surface area contributed by atoms with E-state index in [-0.39, 0.29) is 29.0 Å². The molecule has 23 heavy (non-hydrogen) atoms. The fraction of sp³-hybridized carbons (Fsp3) is 0.235. The molecule has 0 heterocycles. The predicted molar refractivity (Wildman–Crippen MR) is 78.7 cm³/mol. The molecule has 122 valence electrons. The van der Waals surface area contributed by atoms with Crippen LogP contribution in [0.3, 0.4) is 0 Å². The Hall–Kier alpha value is -2.50. The minimum atomic E-state index is -4.70. The molecule has 0 unspecified atom stereocenters. The lowest BCUT2D eigenvalue weighted by Gasteiger charge is -2.19. The summed E-state index contributed by atoms with van der Waals surface area (Å²) < 4.78 is 45.3. The Morgan fingerprint density at radius 1 is 1.17 bits per heavy atom.